The highest BCUT2D eigenvalue weighted by Crippen LogP contribution is 2.16. The number of hydrogen-bond acceptors (Lipinski definition) is 5. The summed E-state index contributed by atoms with van der Waals surface area (Å²) in [6, 6.07) is -0.456. The number of aromatic nitrogens is 3. The van der Waals surface area contributed by atoms with Crippen molar-refractivity contribution >= 4 is 17.7 Å². The number of thioether (sulfide) groups is 1. The average Bonchev–Trinajstić information content (AvgIpc) is 2.75. The monoisotopic (exact) mass is 299 g/mol. The summed E-state index contributed by atoms with van der Waals surface area (Å²) in [4.78, 5) is 11.3. The van der Waals surface area contributed by atoms with E-state index in [2.05, 4.69) is 33.9 Å². The molecule has 0 aliphatic heterocycles. The molecule has 0 bridgehead atoms. The molecular formula is C13H25N5OS. The Kier molecular flexibility index (Phi) is 7.01. The molecule has 6 nitrogen and oxygen atoms in total. The van der Waals surface area contributed by atoms with E-state index < -0.39 is 6.04 Å². The standard InChI is InChI=1S/C13H25N5OS/c1-9(2)8-18-11(16-17-13(18)20-4)6-5-7-15-12(19)10(3)14/h9-10H,5-8,14H2,1-4H3,(H,15,19)/t10-/m0/s1. The predicted molar refractivity (Wildman–Crippen MR) is 81.6 cm³/mol. The predicted octanol–water partition coefficient (Wildman–Crippen LogP) is 1.05. The van der Waals surface area contributed by atoms with E-state index in [4.69, 9.17) is 5.73 Å². The Bertz CT molecular complexity index is 430. The molecule has 7 heteroatoms. The third-order valence-corrected chi connectivity index (χ3v) is 3.48. The van der Waals surface area contributed by atoms with Gasteiger partial charge in [0.05, 0.1) is 6.04 Å². The van der Waals surface area contributed by atoms with Gasteiger partial charge in [0.25, 0.3) is 0 Å². The number of aryl methyl sites for hydroxylation is 1. The number of amides is 1. The molecule has 1 atom stereocenters. The van der Waals surface area contributed by atoms with E-state index in [1.54, 1.807) is 18.7 Å². The van der Waals surface area contributed by atoms with E-state index in [0.717, 1.165) is 30.4 Å². The molecule has 0 aromatic carbocycles. The number of carbonyl (C=O) groups is 1. The molecule has 0 spiro atoms. The molecule has 0 saturated carbocycles. The first-order valence-electron chi connectivity index (χ1n) is 6.95. The van der Waals surface area contributed by atoms with Crippen molar-refractivity contribution in [3.8, 4) is 0 Å². The van der Waals surface area contributed by atoms with Crippen LogP contribution in [0.25, 0.3) is 0 Å². The maximum atomic E-state index is 11.3. The summed E-state index contributed by atoms with van der Waals surface area (Å²) in [5.41, 5.74) is 5.49. The van der Waals surface area contributed by atoms with Crippen molar-refractivity contribution in [2.24, 2.45) is 11.7 Å². The van der Waals surface area contributed by atoms with Crippen molar-refractivity contribution in [2.45, 2.75) is 51.4 Å². The van der Waals surface area contributed by atoms with Crippen molar-refractivity contribution in [1.29, 1.82) is 0 Å². The van der Waals surface area contributed by atoms with Gasteiger partial charge in [-0.3, -0.25) is 4.79 Å². The second-order valence-electron chi connectivity index (χ2n) is 5.29. The molecule has 0 unspecified atom stereocenters. The fourth-order valence-electron chi connectivity index (χ4n) is 1.82. The molecule has 20 heavy (non-hydrogen) atoms. The van der Waals surface area contributed by atoms with Crippen LogP contribution in [-0.2, 0) is 17.8 Å². The lowest BCUT2D eigenvalue weighted by Crippen LogP contribution is -2.38. The highest BCUT2D eigenvalue weighted by Gasteiger charge is 2.12. The fourth-order valence-corrected chi connectivity index (χ4v) is 2.35. The van der Waals surface area contributed by atoms with Gasteiger partial charge in [0.1, 0.15) is 5.82 Å². The first-order valence-corrected chi connectivity index (χ1v) is 8.17. The minimum absolute atomic E-state index is 0.113. The molecule has 1 aromatic heterocycles. The van der Waals surface area contributed by atoms with Crippen molar-refractivity contribution < 1.29 is 4.79 Å². The van der Waals surface area contributed by atoms with Crippen LogP contribution in [0.15, 0.2) is 5.16 Å². The molecule has 0 aliphatic rings. The van der Waals surface area contributed by atoms with Crippen LogP contribution in [0.3, 0.4) is 0 Å². The maximum absolute atomic E-state index is 11.3. The summed E-state index contributed by atoms with van der Waals surface area (Å²) < 4.78 is 2.17. The number of rotatable bonds is 8. The maximum Gasteiger partial charge on any atom is 0.236 e. The smallest absolute Gasteiger partial charge is 0.236 e. The molecule has 0 aliphatic carbocycles. The fraction of sp³-hybridized carbons (Fsp3) is 0.769. The average molecular weight is 299 g/mol. The van der Waals surface area contributed by atoms with Crippen molar-refractivity contribution in [2.75, 3.05) is 12.8 Å². The van der Waals surface area contributed by atoms with Gasteiger partial charge in [0.2, 0.25) is 5.91 Å². The van der Waals surface area contributed by atoms with E-state index in [1.807, 2.05) is 6.26 Å². The number of nitrogens with one attached hydrogen (secondary N) is 1. The molecule has 3 N–H and O–H groups in total. The zero-order chi connectivity index (χ0) is 15.1. The van der Waals surface area contributed by atoms with Crippen LogP contribution in [0.4, 0.5) is 0 Å². The number of hydrogen-bond donors (Lipinski definition) is 2. The van der Waals surface area contributed by atoms with Crippen molar-refractivity contribution in [3.05, 3.63) is 5.82 Å². The van der Waals surface area contributed by atoms with Gasteiger partial charge in [-0.15, -0.1) is 10.2 Å². The zero-order valence-electron chi connectivity index (χ0n) is 12.7. The topological polar surface area (TPSA) is 85.8 Å². The van der Waals surface area contributed by atoms with Crippen LogP contribution in [0.1, 0.15) is 33.0 Å². The molecular weight excluding hydrogens is 274 g/mol. The van der Waals surface area contributed by atoms with E-state index >= 15 is 0 Å². The summed E-state index contributed by atoms with van der Waals surface area (Å²) in [6.07, 6.45) is 3.65. The highest BCUT2D eigenvalue weighted by atomic mass is 32.2. The quantitative estimate of drug-likeness (QED) is 0.553. The Labute approximate surface area is 124 Å². The molecule has 114 valence electrons. The van der Waals surface area contributed by atoms with Gasteiger partial charge in [0.15, 0.2) is 5.16 Å². The Hall–Kier alpha value is -1.08. The van der Waals surface area contributed by atoms with Gasteiger partial charge >= 0.3 is 0 Å². The van der Waals surface area contributed by atoms with Gasteiger partial charge in [-0.05, 0) is 25.5 Å². The Morgan fingerprint density at radius 3 is 2.65 bits per heavy atom. The summed E-state index contributed by atoms with van der Waals surface area (Å²) in [5.74, 6) is 1.42. The second-order valence-corrected chi connectivity index (χ2v) is 6.06. The Balaban J connectivity index is 2.51. The van der Waals surface area contributed by atoms with Gasteiger partial charge in [-0.2, -0.15) is 0 Å². The largest absolute Gasteiger partial charge is 0.355 e. The van der Waals surface area contributed by atoms with Crippen LogP contribution >= 0.6 is 11.8 Å². The zero-order valence-corrected chi connectivity index (χ0v) is 13.5. The minimum Gasteiger partial charge on any atom is -0.355 e. The van der Waals surface area contributed by atoms with Gasteiger partial charge < -0.3 is 15.6 Å². The van der Waals surface area contributed by atoms with Crippen LogP contribution in [-0.4, -0.2) is 39.5 Å². The molecule has 1 rings (SSSR count). The lowest BCUT2D eigenvalue weighted by molar-refractivity contribution is -0.121. The van der Waals surface area contributed by atoms with Crippen LogP contribution in [0, 0.1) is 5.92 Å². The summed E-state index contributed by atoms with van der Waals surface area (Å²) >= 11 is 1.61. The van der Waals surface area contributed by atoms with E-state index in [9.17, 15) is 4.79 Å². The van der Waals surface area contributed by atoms with Crippen molar-refractivity contribution in [3.63, 3.8) is 0 Å². The van der Waals surface area contributed by atoms with E-state index in [1.165, 1.54) is 0 Å². The molecule has 0 saturated heterocycles. The highest BCUT2D eigenvalue weighted by molar-refractivity contribution is 7.98. The van der Waals surface area contributed by atoms with Crippen LogP contribution < -0.4 is 11.1 Å². The normalized spacial score (nSPS) is 12.7. The number of nitrogens with zero attached hydrogens (tertiary/aromatic N) is 3. The number of carbonyl (C=O) groups excluding carboxylic acids is 1. The van der Waals surface area contributed by atoms with Crippen molar-refractivity contribution in [1.82, 2.24) is 20.1 Å². The lowest BCUT2D eigenvalue weighted by Gasteiger charge is -2.12. The van der Waals surface area contributed by atoms with E-state index in [0.29, 0.717) is 12.5 Å². The summed E-state index contributed by atoms with van der Waals surface area (Å²) in [7, 11) is 0. The Morgan fingerprint density at radius 2 is 2.10 bits per heavy atom. The third kappa shape index (κ3) is 5.13. The summed E-state index contributed by atoms with van der Waals surface area (Å²) in [5, 5.41) is 12.2. The second kappa shape index (κ2) is 8.26. The molecule has 1 aromatic rings. The minimum atomic E-state index is -0.456. The van der Waals surface area contributed by atoms with Gasteiger partial charge in [0, 0.05) is 19.5 Å². The van der Waals surface area contributed by atoms with Gasteiger partial charge in [-0.25, -0.2) is 0 Å². The van der Waals surface area contributed by atoms with Gasteiger partial charge in [-0.1, -0.05) is 25.6 Å². The molecule has 1 heterocycles. The molecule has 0 fully saturated rings. The third-order valence-electron chi connectivity index (χ3n) is 2.81. The number of nitrogens with two attached hydrogens (primary N) is 1. The Morgan fingerprint density at radius 1 is 1.40 bits per heavy atom. The van der Waals surface area contributed by atoms with E-state index in [-0.39, 0.29) is 5.91 Å². The lowest BCUT2D eigenvalue weighted by atomic mass is 10.2. The SMILES string of the molecule is CSc1nnc(CCCNC(=O)[C@H](C)N)n1CC(C)C. The molecule has 1 amide bonds. The van der Waals surface area contributed by atoms with Crippen LogP contribution in [0.2, 0.25) is 0 Å². The first-order chi connectivity index (χ1) is 9.45. The first kappa shape index (κ1) is 17.0. The van der Waals surface area contributed by atoms with Crippen LogP contribution in [0.5, 0.6) is 0 Å². The molecule has 0 radical (unpaired) electrons. The summed E-state index contributed by atoms with van der Waals surface area (Å²) in [6.45, 7) is 7.57.